The van der Waals surface area contributed by atoms with E-state index in [0.29, 0.717) is 10.9 Å². The van der Waals surface area contributed by atoms with Crippen molar-refractivity contribution in [2.24, 2.45) is 0 Å². The molecule has 0 heterocycles. The summed E-state index contributed by atoms with van der Waals surface area (Å²) in [5, 5.41) is 2.42. The van der Waals surface area contributed by atoms with Crippen LogP contribution in [0.3, 0.4) is 0 Å². The number of nitrogens with zero attached hydrogens (tertiary/aromatic N) is 1. The van der Waals surface area contributed by atoms with Crippen molar-refractivity contribution in [2.75, 3.05) is 25.9 Å². The van der Waals surface area contributed by atoms with Gasteiger partial charge in [0, 0.05) is 18.1 Å². The third kappa shape index (κ3) is 3.94. The summed E-state index contributed by atoms with van der Waals surface area (Å²) < 4.78 is 26.9. The Hall–Kier alpha value is -1.12. The van der Waals surface area contributed by atoms with E-state index in [1.54, 1.807) is 6.07 Å². The number of sulfonamides is 1. The van der Waals surface area contributed by atoms with Crippen LogP contribution >= 0.6 is 15.9 Å². The van der Waals surface area contributed by atoms with Crippen molar-refractivity contribution in [3.05, 3.63) is 22.7 Å². The number of benzene rings is 1. The van der Waals surface area contributed by atoms with Crippen LogP contribution in [0.25, 0.3) is 0 Å². The fourth-order valence-corrected chi connectivity index (χ4v) is 3.63. The second-order valence-electron chi connectivity index (χ2n) is 4.19. The molecule has 1 aromatic carbocycles. The molecule has 1 rings (SSSR count). The van der Waals surface area contributed by atoms with Crippen LogP contribution in [0, 0.1) is 0 Å². The Morgan fingerprint density at radius 1 is 1.45 bits per heavy atom. The highest BCUT2D eigenvalue weighted by Crippen LogP contribution is 2.25. The second-order valence-corrected chi connectivity index (χ2v) is 7.02. The summed E-state index contributed by atoms with van der Waals surface area (Å²) in [4.78, 5) is 11.5. The van der Waals surface area contributed by atoms with Crippen LogP contribution in [0.15, 0.2) is 27.6 Å². The Labute approximate surface area is 127 Å². The Morgan fingerprint density at radius 3 is 2.60 bits per heavy atom. The zero-order chi connectivity index (χ0) is 15.3. The Kier molecular flexibility index (Phi) is 5.97. The molecule has 0 atom stereocenters. The van der Waals surface area contributed by atoms with E-state index in [1.807, 2.05) is 6.92 Å². The largest absolute Gasteiger partial charge is 0.398 e. The first-order valence-electron chi connectivity index (χ1n) is 6.08. The predicted octanol–water partition coefficient (Wildman–Crippen LogP) is 1.18. The molecule has 0 spiro atoms. The maximum Gasteiger partial charge on any atom is 0.245 e. The van der Waals surface area contributed by atoms with Crippen molar-refractivity contribution in [3.63, 3.8) is 0 Å². The van der Waals surface area contributed by atoms with Gasteiger partial charge in [0.05, 0.1) is 12.2 Å². The first-order chi connectivity index (χ1) is 9.32. The highest BCUT2D eigenvalue weighted by atomic mass is 79.9. The third-order valence-corrected chi connectivity index (χ3v) is 5.07. The lowest BCUT2D eigenvalue weighted by Gasteiger charge is -2.21. The Bertz CT molecular complexity index is 590. The zero-order valence-corrected chi connectivity index (χ0v) is 13.8. The minimum absolute atomic E-state index is 0.0121. The van der Waals surface area contributed by atoms with Gasteiger partial charge in [0.1, 0.15) is 4.90 Å². The smallest absolute Gasteiger partial charge is 0.245 e. The molecular formula is C12H18BrN3O3S. The molecule has 1 amide bonds. The molecule has 0 unspecified atom stereocenters. The lowest BCUT2D eigenvalue weighted by molar-refractivity contribution is -0.120. The van der Waals surface area contributed by atoms with E-state index in [9.17, 15) is 13.2 Å². The molecule has 0 aliphatic carbocycles. The van der Waals surface area contributed by atoms with Gasteiger partial charge in [-0.3, -0.25) is 4.79 Å². The number of hydrogen-bond donors (Lipinski definition) is 2. The van der Waals surface area contributed by atoms with Crippen molar-refractivity contribution in [3.8, 4) is 0 Å². The van der Waals surface area contributed by atoms with Crippen LogP contribution in [0.5, 0.6) is 0 Å². The lowest BCUT2D eigenvalue weighted by Crippen LogP contribution is -2.40. The van der Waals surface area contributed by atoms with E-state index >= 15 is 0 Å². The fourth-order valence-electron chi connectivity index (χ4n) is 1.67. The van der Waals surface area contributed by atoms with Gasteiger partial charge in [0.25, 0.3) is 0 Å². The van der Waals surface area contributed by atoms with Crippen LogP contribution in [-0.4, -0.2) is 38.8 Å². The molecule has 0 saturated carbocycles. The Balaban J connectivity index is 3.18. The van der Waals surface area contributed by atoms with Crippen molar-refractivity contribution in [2.45, 2.75) is 18.2 Å². The topological polar surface area (TPSA) is 92.5 Å². The standard InChI is InChI=1S/C12H18BrN3O3S/c1-3-6-16(8-12(17)15-2)20(18,19)11-5-4-9(13)7-10(11)14/h4-5,7H,3,6,8,14H2,1-2H3,(H,15,17). The molecular weight excluding hydrogens is 346 g/mol. The van der Waals surface area contributed by atoms with E-state index in [0.717, 1.165) is 4.31 Å². The zero-order valence-electron chi connectivity index (χ0n) is 11.4. The number of hydrogen-bond acceptors (Lipinski definition) is 4. The summed E-state index contributed by atoms with van der Waals surface area (Å²) in [5.74, 6) is -0.363. The number of likely N-dealkylation sites (N-methyl/N-ethyl adjacent to an activating group) is 1. The summed E-state index contributed by atoms with van der Waals surface area (Å²) in [6.07, 6.45) is 0.604. The molecule has 8 heteroatoms. The first-order valence-corrected chi connectivity index (χ1v) is 8.32. The summed E-state index contributed by atoms with van der Waals surface area (Å²) in [5.41, 5.74) is 5.92. The van der Waals surface area contributed by atoms with Crippen LogP contribution in [0.1, 0.15) is 13.3 Å². The van der Waals surface area contributed by atoms with Crippen molar-refractivity contribution < 1.29 is 13.2 Å². The highest BCUT2D eigenvalue weighted by Gasteiger charge is 2.27. The minimum atomic E-state index is -3.79. The van der Waals surface area contributed by atoms with Crippen molar-refractivity contribution in [1.82, 2.24) is 9.62 Å². The van der Waals surface area contributed by atoms with Crippen LogP contribution < -0.4 is 11.1 Å². The summed E-state index contributed by atoms with van der Waals surface area (Å²) >= 11 is 3.23. The van der Waals surface area contributed by atoms with Gasteiger partial charge in [-0.1, -0.05) is 22.9 Å². The number of nitrogen functional groups attached to an aromatic ring is 1. The summed E-state index contributed by atoms with van der Waals surface area (Å²) in [6.45, 7) is 1.88. The minimum Gasteiger partial charge on any atom is -0.398 e. The average Bonchev–Trinajstić information content (AvgIpc) is 2.37. The van der Waals surface area contributed by atoms with Gasteiger partial charge in [0.15, 0.2) is 0 Å². The normalized spacial score (nSPS) is 11.6. The molecule has 0 saturated heterocycles. The number of amides is 1. The van der Waals surface area contributed by atoms with Gasteiger partial charge < -0.3 is 11.1 Å². The number of halogens is 1. The molecule has 0 fully saturated rings. The quantitative estimate of drug-likeness (QED) is 0.742. The molecule has 3 N–H and O–H groups in total. The molecule has 1 aromatic rings. The Morgan fingerprint density at radius 2 is 2.10 bits per heavy atom. The third-order valence-electron chi connectivity index (χ3n) is 2.66. The number of rotatable bonds is 6. The number of nitrogens with two attached hydrogens (primary N) is 1. The van der Waals surface area contributed by atoms with Crippen molar-refractivity contribution in [1.29, 1.82) is 0 Å². The maximum atomic E-state index is 12.6. The molecule has 0 bridgehead atoms. The predicted molar refractivity (Wildman–Crippen MR) is 81.7 cm³/mol. The highest BCUT2D eigenvalue weighted by molar-refractivity contribution is 9.10. The number of carbonyl (C=O) groups is 1. The second kappa shape index (κ2) is 7.05. The van der Waals surface area contributed by atoms with E-state index in [-0.39, 0.29) is 29.6 Å². The van der Waals surface area contributed by atoms with E-state index in [2.05, 4.69) is 21.2 Å². The molecule has 112 valence electrons. The van der Waals surface area contributed by atoms with Crippen molar-refractivity contribution >= 4 is 37.5 Å². The van der Waals surface area contributed by atoms with E-state index < -0.39 is 10.0 Å². The van der Waals surface area contributed by atoms with E-state index in [4.69, 9.17) is 5.73 Å². The van der Waals surface area contributed by atoms with Gasteiger partial charge in [-0.2, -0.15) is 4.31 Å². The number of nitrogens with one attached hydrogen (secondary N) is 1. The fraction of sp³-hybridized carbons (Fsp3) is 0.417. The molecule has 0 radical (unpaired) electrons. The SMILES string of the molecule is CCCN(CC(=O)NC)S(=O)(=O)c1ccc(Br)cc1N. The van der Waals surface area contributed by atoms with Gasteiger partial charge in [-0.05, 0) is 24.6 Å². The van der Waals surface area contributed by atoms with Crippen LogP contribution in [0.2, 0.25) is 0 Å². The number of anilines is 1. The summed E-state index contributed by atoms with van der Waals surface area (Å²) in [6, 6.07) is 4.56. The van der Waals surface area contributed by atoms with Crippen LogP contribution in [0.4, 0.5) is 5.69 Å². The average molecular weight is 364 g/mol. The summed E-state index contributed by atoms with van der Waals surface area (Å²) in [7, 11) is -2.32. The van der Waals surface area contributed by atoms with Gasteiger partial charge in [0.2, 0.25) is 15.9 Å². The molecule has 0 aliphatic heterocycles. The lowest BCUT2D eigenvalue weighted by atomic mass is 10.3. The molecule has 6 nitrogen and oxygen atoms in total. The maximum absolute atomic E-state index is 12.6. The van der Waals surface area contributed by atoms with Gasteiger partial charge in [-0.25, -0.2) is 8.42 Å². The first kappa shape index (κ1) is 16.9. The molecule has 0 aliphatic rings. The van der Waals surface area contributed by atoms with Crippen LogP contribution in [-0.2, 0) is 14.8 Å². The van der Waals surface area contributed by atoms with Gasteiger partial charge >= 0.3 is 0 Å². The molecule has 20 heavy (non-hydrogen) atoms. The monoisotopic (exact) mass is 363 g/mol. The number of carbonyl (C=O) groups excluding carboxylic acids is 1. The van der Waals surface area contributed by atoms with Gasteiger partial charge in [-0.15, -0.1) is 0 Å². The van der Waals surface area contributed by atoms with E-state index in [1.165, 1.54) is 19.2 Å². The molecule has 0 aromatic heterocycles.